The summed E-state index contributed by atoms with van der Waals surface area (Å²) < 4.78 is 0. The van der Waals surface area contributed by atoms with Gasteiger partial charge in [0.15, 0.2) is 0 Å². The molecule has 0 aromatic heterocycles. The topological polar surface area (TPSA) is 26.0 Å². The van der Waals surface area contributed by atoms with Gasteiger partial charge in [0.05, 0.1) is 0 Å². The number of nitrogens with two attached hydrogens (primary N) is 1. The van der Waals surface area contributed by atoms with E-state index in [0.29, 0.717) is 5.25 Å². The van der Waals surface area contributed by atoms with Crippen molar-refractivity contribution in [2.75, 3.05) is 0 Å². The molecule has 2 heteroatoms. The van der Waals surface area contributed by atoms with Crippen LogP contribution in [-0.2, 0) is 0 Å². The van der Waals surface area contributed by atoms with E-state index in [1.54, 1.807) is 0 Å². The molecule has 0 unspecified atom stereocenters. The van der Waals surface area contributed by atoms with Crippen molar-refractivity contribution in [3.8, 4) is 0 Å². The van der Waals surface area contributed by atoms with Crippen LogP contribution in [0.3, 0.4) is 0 Å². The quantitative estimate of drug-likeness (QED) is 0.468. The van der Waals surface area contributed by atoms with Gasteiger partial charge in [0.1, 0.15) is 0 Å². The van der Waals surface area contributed by atoms with Gasteiger partial charge in [0.2, 0.25) is 0 Å². The zero-order valence-electron chi connectivity index (χ0n) is 5.48. The zero-order chi connectivity index (χ0) is 6.57. The third kappa shape index (κ3) is 2.38. The number of rotatable bonds is 3. The molecule has 1 atom stereocenters. The van der Waals surface area contributed by atoms with Gasteiger partial charge in [0.25, 0.3) is 0 Å². The van der Waals surface area contributed by atoms with Crippen molar-refractivity contribution in [2.45, 2.75) is 25.5 Å². The molecule has 0 aromatic rings. The third-order valence-electron chi connectivity index (χ3n) is 1.23. The fraction of sp³-hybridized carbons (Fsp3) is 0.667. The molecule has 0 radical (unpaired) electrons. The van der Waals surface area contributed by atoms with Crippen LogP contribution in [0.2, 0.25) is 0 Å². The van der Waals surface area contributed by atoms with E-state index >= 15 is 0 Å². The second-order valence-electron chi connectivity index (χ2n) is 1.79. The molecule has 0 aliphatic carbocycles. The van der Waals surface area contributed by atoms with Gasteiger partial charge in [-0.1, -0.05) is 31.0 Å². The van der Waals surface area contributed by atoms with Gasteiger partial charge in [-0.15, -0.1) is 0 Å². The molecule has 0 saturated heterocycles. The molecule has 0 bridgehead atoms. The largest absolute Gasteiger partial charge is 0.277 e. The number of hydrogen-bond donors (Lipinski definition) is 1. The lowest BCUT2D eigenvalue weighted by Gasteiger charge is -2.07. The molecule has 0 rings (SSSR count). The van der Waals surface area contributed by atoms with E-state index in [1.165, 1.54) is 17.5 Å². The lowest BCUT2D eigenvalue weighted by atomic mass is 10.2. The van der Waals surface area contributed by atoms with Crippen molar-refractivity contribution in [3.05, 3.63) is 12.2 Å². The van der Waals surface area contributed by atoms with Gasteiger partial charge in [-0.3, -0.25) is 5.14 Å². The van der Waals surface area contributed by atoms with E-state index in [1.807, 2.05) is 0 Å². The van der Waals surface area contributed by atoms with Crippen LogP contribution in [0.1, 0.15) is 20.3 Å². The van der Waals surface area contributed by atoms with Gasteiger partial charge in [-0.25, -0.2) is 0 Å². The first kappa shape index (κ1) is 8.05. The second-order valence-corrected chi connectivity index (χ2v) is 2.77. The Bertz CT molecular complexity index is 80.6. The van der Waals surface area contributed by atoms with Gasteiger partial charge >= 0.3 is 0 Å². The summed E-state index contributed by atoms with van der Waals surface area (Å²) in [6.07, 6.45) is 1.03. The predicted octanol–water partition coefficient (Wildman–Crippen LogP) is 1.95. The first-order valence-corrected chi connectivity index (χ1v) is 3.69. The van der Waals surface area contributed by atoms with Crippen LogP contribution in [0.15, 0.2) is 12.2 Å². The Morgan fingerprint density at radius 3 is 2.50 bits per heavy atom. The summed E-state index contributed by atoms with van der Waals surface area (Å²) in [4.78, 5) is 0. The molecule has 8 heavy (non-hydrogen) atoms. The maximum absolute atomic E-state index is 5.30. The van der Waals surface area contributed by atoms with Crippen molar-refractivity contribution < 1.29 is 0 Å². The molecule has 1 nitrogen and oxygen atoms in total. The third-order valence-corrected chi connectivity index (χ3v) is 1.97. The standard InChI is InChI=1S/C6H13NS/c1-4-5(2)6(3)8-7/h6H,2,4,7H2,1,3H3/t6-/m0/s1. The van der Waals surface area contributed by atoms with Gasteiger partial charge in [0, 0.05) is 5.25 Å². The van der Waals surface area contributed by atoms with Crippen LogP contribution < -0.4 is 5.14 Å². The summed E-state index contributed by atoms with van der Waals surface area (Å²) in [5.41, 5.74) is 1.22. The highest BCUT2D eigenvalue weighted by Crippen LogP contribution is 2.13. The molecule has 0 saturated carbocycles. The first-order chi connectivity index (χ1) is 3.72. The Morgan fingerprint density at radius 2 is 2.38 bits per heavy atom. The van der Waals surface area contributed by atoms with Gasteiger partial charge < -0.3 is 0 Å². The van der Waals surface area contributed by atoms with E-state index in [2.05, 4.69) is 20.4 Å². The van der Waals surface area contributed by atoms with Crippen LogP contribution in [0.5, 0.6) is 0 Å². The molecule has 48 valence electrons. The fourth-order valence-corrected chi connectivity index (χ4v) is 0.743. The summed E-state index contributed by atoms with van der Waals surface area (Å²) in [5.74, 6) is 0. The molecule has 0 spiro atoms. The predicted molar refractivity (Wildman–Crippen MR) is 40.7 cm³/mol. The monoisotopic (exact) mass is 131 g/mol. The van der Waals surface area contributed by atoms with E-state index in [4.69, 9.17) is 5.14 Å². The Morgan fingerprint density at radius 1 is 1.88 bits per heavy atom. The van der Waals surface area contributed by atoms with Crippen molar-refractivity contribution in [2.24, 2.45) is 5.14 Å². The maximum Gasteiger partial charge on any atom is 0.0368 e. The lowest BCUT2D eigenvalue weighted by Crippen LogP contribution is -2.01. The number of hydrogen-bond acceptors (Lipinski definition) is 2. The van der Waals surface area contributed by atoms with Crippen molar-refractivity contribution in [1.82, 2.24) is 0 Å². The average Bonchev–Trinajstić information content (AvgIpc) is 1.84. The highest BCUT2D eigenvalue weighted by molar-refractivity contribution is 7.97. The molecule has 0 aliphatic rings. The van der Waals surface area contributed by atoms with E-state index in [9.17, 15) is 0 Å². The Kier molecular flexibility index (Phi) is 4.01. The normalized spacial score (nSPS) is 13.4. The SMILES string of the molecule is C=C(CC)[C@H](C)SN. The van der Waals surface area contributed by atoms with Crippen LogP contribution >= 0.6 is 11.9 Å². The molecule has 0 heterocycles. The van der Waals surface area contributed by atoms with Crippen molar-refractivity contribution in [1.29, 1.82) is 0 Å². The van der Waals surface area contributed by atoms with E-state index < -0.39 is 0 Å². The van der Waals surface area contributed by atoms with Crippen LogP contribution in [-0.4, -0.2) is 5.25 Å². The fourth-order valence-electron chi connectivity index (χ4n) is 0.384. The highest BCUT2D eigenvalue weighted by atomic mass is 32.2. The summed E-state index contributed by atoms with van der Waals surface area (Å²) in [5, 5.41) is 5.72. The van der Waals surface area contributed by atoms with Crippen molar-refractivity contribution in [3.63, 3.8) is 0 Å². The van der Waals surface area contributed by atoms with Crippen molar-refractivity contribution >= 4 is 11.9 Å². The molecule has 0 amide bonds. The Labute approximate surface area is 55.5 Å². The van der Waals surface area contributed by atoms with Crippen LogP contribution in [0.25, 0.3) is 0 Å². The first-order valence-electron chi connectivity index (χ1n) is 2.75. The molecule has 2 N–H and O–H groups in total. The minimum absolute atomic E-state index is 0.417. The summed E-state index contributed by atoms with van der Waals surface area (Å²) in [6, 6.07) is 0. The van der Waals surface area contributed by atoms with E-state index in [-0.39, 0.29) is 0 Å². The molecule has 0 aromatic carbocycles. The second kappa shape index (κ2) is 3.98. The molecular weight excluding hydrogens is 118 g/mol. The average molecular weight is 131 g/mol. The molecule has 0 fully saturated rings. The minimum Gasteiger partial charge on any atom is -0.277 e. The Balaban J connectivity index is 3.46. The van der Waals surface area contributed by atoms with E-state index in [0.717, 1.165) is 6.42 Å². The van der Waals surface area contributed by atoms with Crippen LogP contribution in [0, 0.1) is 0 Å². The Hall–Kier alpha value is 0.0500. The summed E-state index contributed by atoms with van der Waals surface area (Å²) in [7, 11) is 0. The molecule has 0 aliphatic heterocycles. The van der Waals surface area contributed by atoms with Crippen LogP contribution in [0.4, 0.5) is 0 Å². The highest BCUT2D eigenvalue weighted by Gasteiger charge is 2.00. The smallest absolute Gasteiger partial charge is 0.0368 e. The lowest BCUT2D eigenvalue weighted by molar-refractivity contribution is 1.00. The molecular formula is C6H13NS. The zero-order valence-corrected chi connectivity index (χ0v) is 6.29. The van der Waals surface area contributed by atoms with Gasteiger partial charge in [-0.05, 0) is 13.3 Å². The summed E-state index contributed by atoms with van der Waals surface area (Å²) in [6.45, 7) is 8.00. The summed E-state index contributed by atoms with van der Waals surface area (Å²) >= 11 is 1.36. The maximum atomic E-state index is 5.30. The van der Waals surface area contributed by atoms with Gasteiger partial charge in [-0.2, -0.15) is 0 Å². The minimum atomic E-state index is 0.417.